The first-order valence-electron chi connectivity index (χ1n) is 6.17. The summed E-state index contributed by atoms with van der Waals surface area (Å²) in [6.07, 6.45) is 3.76. The van der Waals surface area contributed by atoms with Gasteiger partial charge in [-0.3, -0.25) is 10.1 Å². The summed E-state index contributed by atoms with van der Waals surface area (Å²) in [6.45, 7) is 4.44. The number of carbonyl (C=O) groups excluding carboxylic acids is 1. The van der Waals surface area contributed by atoms with E-state index in [0.717, 1.165) is 31.1 Å². The van der Waals surface area contributed by atoms with Crippen molar-refractivity contribution in [3.05, 3.63) is 0 Å². The van der Waals surface area contributed by atoms with Crippen LogP contribution < -0.4 is 10.6 Å². The minimum Gasteiger partial charge on any atom is -0.355 e. The van der Waals surface area contributed by atoms with Gasteiger partial charge in [0.15, 0.2) is 0 Å². The molecule has 0 aromatic heterocycles. The summed E-state index contributed by atoms with van der Waals surface area (Å²) < 4.78 is 0. The average molecular weight is 243 g/mol. The molecule has 0 aliphatic carbocycles. The van der Waals surface area contributed by atoms with Crippen molar-refractivity contribution in [1.29, 1.82) is 0 Å². The molecule has 16 heavy (non-hydrogen) atoms. The lowest BCUT2D eigenvalue weighted by atomic mass is 10.3. The molecular weight excluding hydrogens is 222 g/mol. The van der Waals surface area contributed by atoms with Gasteiger partial charge in [0.05, 0.1) is 6.04 Å². The Morgan fingerprint density at radius 3 is 2.94 bits per heavy atom. The molecule has 0 spiro atoms. The van der Waals surface area contributed by atoms with E-state index < -0.39 is 0 Å². The molecule has 2 aliphatic heterocycles. The normalized spacial score (nSPS) is 26.1. The fraction of sp³-hybridized carbons (Fsp3) is 0.909. The third-order valence-electron chi connectivity index (χ3n) is 3.18. The number of thioether (sulfide) groups is 1. The predicted molar refractivity (Wildman–Crippen MR) is 67.5 cm³/mol. The van der Waals surface area contributed by atoms with Gasteiger partial charge in [0.2, 0.25) is 5.91 Å². The smallest absolute Gasteiger partial charge is 0.238 e. The SMILES string of the molecule is O=C(NCCCN1CCCC1)C1CSCN1. The molecule has 92 valence electrons. The lowest BCUT2D eigenvalue weighted by molar-refractivity contribution is -0.122. The molecule has 0 aromatic carbocycles. The number of nitrogens with zero attached hydrogens (tertiary/aromatic N) is 1. The maximum atomic E-state index is 11.6. The topological polar surface area (TPSA) is 44.4 Å². The third-order valence-corrected chi connectivity index (χ3v) is 4.12. The van der Waals surface area contributed by atoms with E-state index in [1.807, 2.05) is 0 Å². The number of nitrogens with one attached hydrogen (secondary N) is 2. The fourth-order valence-corrected chi connectivity index (χ4v) is 3.15. The van der Waals surface area contributed by atoms with Crippen LogP contribution in [0.1, 0.15) is 19.3 Å². The average Bonchev–Trinajstić information content (AvgIpc) is 2.96. The molecule has 2 rings (SSSR count). The summed E-state index contributed by atoms with van der Waals surface area (Å²) in [7, 11) is 0. The molecule has 1 atom stereocenters. The monoisotopic (exact) mass is 243 g/mol. The Hall–Kier alpha value is -0.260. The minimum atomic E-state index is 0.0387. The van der Waals surface area contributed by atoms with Gasteiger partial charge in [-0.2, -0.15) is 0 Å². The van der Waals surface area contributed by atoms with Gasteiger partial charge in [-0.05, 0) is 38.9 Å². The van der Waals surface area contributed by atoms with Gasteiger partial charge in [-0.25, -0.2) is 0 Å². The van der Waals surface area contributed by atoms with Crippen LogP contribution in [0.5, 0.6) is 0 Å². The standard InChI is InChI=1S/C11H21N3OS/c15-11(10-8-16-9-13-10)12-4-3-7-14-5-1-2-6-14/h10,13H,1-9H2,(H,12,15). The molecular formula is C11H21N3OS. The molecule has 0 saturated carbocycles. The highest BCUT2D eigenvalue weighted by molar-refractivity contribution is 7.99. The minimum absolute atomic E-state index is 0.0387. The van der Waals surface area contributed by atoms with Crippen molar-refractivity contribution >= 4 is 17.7 Å². The second-order valence-corrected chi connectivity index (χ2v) is 5.50. The van der Waals surface area contributed by atoms with Crippen LogP contribution in [0, 0.1) is 0 Å². The second kappa shape index (κ2) is 6.47. The molecule has 1 unspecified atom stereocenters. The van der Waals surface area contributed by atoms with Crippen LogP contribution in [0.3, 0.4) is 0 Å². The van der Waals surface area contributed by atoms with E-state index in [9.17, 15) is 4.79 Å². The van der Waals surface area contributed by atoms with Gasteiger partial charge in [0, 0.05) is 18.2 Å². The van der Waals surface area contributed by atoms with Crippen molar-refractivity contribution in [1.82, 2.24) is 15.5 Å². The van der Waals surface area contributed by atoms with Gasteiger partial charge in [-0.1, -0.05) is 0 Å². The van der Waals surface area contributed by atoms with Gasteiger partial charge in [0.25, 0.3) is 0 Å². The van der Waals surface area contributed by atoms with Crippen molar-refractivity contribution in [3.63, 3.8) is 0 Å². The van der Waals surface area contributed by atoms with E-state index in [-0.39, 0.29) is 11.9 Å². The first-order chi connectivity index (χ1) is 7.86. The number of hydrogen-bond donors (Lipinski definition) is 2. The van der Waals surface area contributed by atoms with E-state index in [4.69, 9.17) is 0 Å². The zero-order valence-electron chi connectivity index (χ0n) is 9.71. The number of likely N-dealkylation sites (tertiary alicyclic amines) is 1. The Bertz CT molecular complexity index is 225. The number of hydrogen-bond acceptors (Lipinski definition) is 4. The summed E-state index contributed by atoms with van der Waals surface area (Å²) in [5, 5.41) is 6.19. The Balaban J connectivity index is 1.51. The van der Waals surface area contributed by atoms with Gasteiger partial charge >= 0.3 is 0 Å². The highest BCUT2D eigenvalue weighted by Crippen LogP contribution is 2.09. The molecule has 2 saturated heterocycles. The van der Waals surface area contributed by atoms with Crippen LogP contribution >= 0.6 is 11.8 Å². The Kier molecular flexibility index (Phi) is 4.93. The van der Waals surface area contributed by atoms with Crippen molar-refractivity contribution in [2.24, 2.45) is 0 Å². The Morgan fingerprint density at radius 1 is 1.44 bits per heavy atom. The molecule has 5 heteroatoms. The fourth-order valence-electron chi connectivity index (χ4n) is 2.21. The second-order valence-electron chi connectivity index (χ2n) is 4.47. The van der Waals surface area contributed by atoms with Gasteiger partial charge in [-0.15, -0.1) is 11.8 Å². The zero-order chi connectivity index (χ0) is 11.2. The molecule has 0 bridgehead atoms. The molecule has 2 aliphatic rings. The largest absolute Gasteiger partial charge is 0.355 e. The van der Waals surface area contributed by atoms with Crippen LogP contribution in [0.25, 0.3) is 0 Å². The van der Waals surface area contributed by atoms with E-state index in [2.05, 4.69) is 15.5 Å². The molecule has 2 heterocycles. The van der Waals surface area contributed by atoms with Crippen LogP contribution in [0.4, 0.5) is 0 Å². The molecule has 2 fully saturated rings. The van der Waals surface area contributed by atoms with E-state index >= 15 is 0 Å². The summed E-state index contributed by atoms with van der Waals surface area (Å²) in [4.78, 5) is 14.1. The summed E-state index contributed by atoms with van der Waals surface area (Å²) in [6, 6.07) is 0.0387. The summed E-state index contributed by atoms with van der Waals surface area (Å²) in [5.74, 6) is 2.00. The molecule has 2 N–H and O–H groups in total. The highest BCUT2D eigenvalue weighted by Gasteiger charge is 2.21. The number of amides is 1. The van der Waals surface area contributed by atoms with Gasteiger partial charge in [0.1, 0.15) is 0 Å². The van der Waals surface area contributed by atoms with Crippen LogP contribution in [-0.2, 0) is 4.79 Å². The van der Waals surface area contributed by atoms with Crippen LogP contribution in [0.15, 0.2) is 0 Å². The van der Waals surface area contributed by atoms with Crippen molar-refractivity contribution in [3.8, 4) is 0 Å². The lowest BCUT2D eigenvalue weighted by Gasteiger charge is -2.15. The predicted octanol–water partition coefficient (Wildman–Crippen LogP) is 0.251. The van der Waals surface area contributed by atoms with E-state index in [1.165, 1.54) is 25.9 Å². The Morgan fingerprint density at radius 2 is 2.25 bits per heavy atom. The molecule has 0 radical (unpaired) electrons. The number of carbonyl (C=O) groups is 1. The first kappa shape index (κ1) is 12.2. The molecule has 0 aromatic rings. The lowest BCUT2D eigenvalue weighted by Crippen LogP contribution is -2.42. The zero-order valence-corrected chi connectivity index (χ0v) is 10.5. The van der Waals surface area contributed by atoms with Crippen LogP contribution in [0.2, 0.25) is 0 Å². The first-order valence-corrected chi connectivity index (χ1v) is 7.33. The number of rotatable bonds is 5. The van der Waals surface area contributed by atoms with E-state index in [1.54, 1.807) is 11.8 Å². The van der Waals surface area contributed by atoms with Crippen molar-refractivity contribution in [2.45, 2.75) is 25.3 Å². The summed E-state index contributed by atoms with van der Waals surface area (Å²) in [5.41, 5.74) is 0. The highest BCUT2D eigenvalue weighted by atomic mass is 32.2. The van der Waals surface area contributed by atoms with Crippen molar-refractivity contribution in [2.75, 3.05) is 37.8 Å². The summed E-state index contributed by atoms with van der Waals surface area (Å²) >= 11 is 1.79. The maximum Gasteiger partial charge on any atom is 0.238 e. The molecule has 1 amide bonds. The third kappa shape index (κ3) is 3.64. The Labute approximate surface area is 102 Å². The van der Waals surface area contributed by atoms with Gasteiger partial charge < -0.3 is 10.2 Å². The quantitative estimate of drug-likeness (QED) is 0.680. The van der Waals surface area contributed by atoms with Crippen LogP contribution in [-0.4, -0.2) is 54.7 Å². The maximum absolute atomic E-state index is 11.6. The van der Waals surface area contributed by atoms with Crippen molar-refractivity contribution < 1.29 is 4.79 Å². The van der Waals surface area contributed by atoms with E-state index in [0.29, 0.717) is 0 Å². The molecule has 4 nitrogen and oxygen atoms in total.